The lowest BCUT2D eigenvalue weighted by Crippen LogP contribution is -2.37. The summed E-state index contributed by atoms with van der Waals surface area (Å²) in [6.45, 7) is 1.10. The number of rotatable bonds is 6. The molecule has 3 rings (SSSR count). The van der Waals surface area contributed by atoms with Crippen LogP contribution in [0.1, 0.15) is 11.1 Å². The van der Waals surface area contributed by atoms with Crippen molar-refractivity contribution in [1.29, 1.82) is 0 Å². The van der Waals surface area contributed by atoms with Crippen LogP contribution in [0.4, 0.5) is 4.79 Å². The molecule has 0 atom stereocenters. The molecule has 0 fully saturated rings. The molecule has 3 aromatic rings. The van der Waals surface area contributed by atoms with E-state index in [1.807, 2.05) is 71.7 Å². The lowest BCUT2D eigenvalue weighted by molar-refractivity contribution is 0.207. The zero-order valence-corrected chi connectivity index (χ0v) is 15.4. The van der Waals surface area contributed by atoms with E-state index < -0.39 is 0 Å². The molecule has 0 saturated carbocycles. The number of para-hydroxylation sites is 1. The van der Waals surface area contributed by atoms with Crippen molar-refractivity contribution >= 4 is 17.6 Å². The van der Waals surface area contributed by atoms with Crippen LogP contribution in [0.5, 0.6) is 0 Å². The predicted molar refractivity (Wildman–Crippen MR) is 104 cm³/mol. The molecule has 0 unspecified atom stereocenters. The van der Waals surface area contributed by atoms with Crippen molar-refractivity contribution in [2.75, 3.05) is 13.6 Å². The highest BCUT2D eigenvalue weighted by atomic mass is 35.5. The van der Waals surface area contributed by atoms with Gasteiger partial charge in [-0.25, -0.2) is 9.48 Å². The van der Waals surface area contributed by atoms with Crippen LogP contribution < -0.4 is 5.32 Å². The van der Waals surface area contributed by atoms with Gasteiger partial charge in [-0.15, -0.1) is 0 Å². The third-order valence-electron chi connectivity index (χ3n) is 4.03. The van der Waals surface area contributed by atoms with Crippen molar-refractivity contribution in [3.63, 3.8) is 0 Å². The van der Waals surface area contributed by atoms with Gasteiger partial charge in [-0.3, -0.25) is 0 Å². The second-order valence-corrected chi connectivity index (χ2v) is 6.53. The highest BCUT2D eigenvalue weighted by molar-refractivity contribution is 6.30. The Hall–Kier alpha value is -2.79. The Bertz CT molecular complexity index is 846. The van der Waals surface area contributed by atoms with Gasteiger partial charge < -0.3 is 10.2 Å². The van der Waals surface area contributed by atoms with E-state index in [0.29, 0.717) is 18.1 Å². The van der Waals surface area contributed by atoms with Crippen molar-refractivity contribution in [2.45, 2.75) is 13.0 Å². The summed E-state index contributed by atoms with van der Waals surface area (Å²) in [5.41, 5.74) is 3.14. The van der Waals surface area contributed by atoms with Gasteiger partial charge in [-0.2, -0.15) is 5.10 Å². The number of nitrogens with zero attached hydrogens (tertiary/aromatic N) is 3. The fourth-order valence-corrected chi connectivity index (χ4v) is 2.72. The first-order chi connectivity index (χ1) is 12.6. The van der Waals surface area contributed by atoms with E-state index in [-0.39, 0.29) is 6.03 Å². The number of hydrogen-bond acceptors (Lipinski definition) is 2. The van der Waals surface area contributed by atoms with Gasteiger partial charge in [0.05, 0.1) is 11.9 Å². The molecule has 1 heterocycles. The van der Waals surface area contributed by atoms with Gasteiger partial charge in [0.2, 0.25) is 0 Å². The Morgan fingerprint density at radius 2 is 1.85 bits per heavy atom. The third-order valence-corrected chi connectivity index (χ3v) is 4.28. The smallest absolute Gasteiger partial charge is 0.317 e. The first-order valence-corrected chi connectivity index (χ1v) is 8.82. The van der Waals surface area contributed by atoms with Crippen LogP contribution in [0.15, 0.2) is 67.0 Å². The summed E-state index contributed by atoms with van der Waals surface area (Å²) >= 11 is 5.88. The van der Waals surface area contributed by atoms with Crippen molar-refractivity contribution in [1.82, 2.24) is 20.0 Å². The molecular formula is C20H21ClN4O. The fraction of sp³-hybridized carbons (Fsp3) is 0.200. The fourth-order valence-electron chi connectivity index (χ4n) is 2.60. The number of halogens is 1. The monoisotopic (exact) mass is 368 g/mol. The summed E-state index contributed by atoms with van der Waals surface area (Å²) in [4.78, 5) is 13.8. The number of amides is 2. The first-order valence-electron chi connectivity index (χ1n) is 8.44. The molecule has 1 aromatic heterocycles. The Morgan fingerprint density at radius 1 is 1.12 bits per heavy atom. The highest BCUT2D eigenvalue weighted by Crippen LogP contribution is 2.11. The average molecular weight is 369 g/mol. The van der Waals surface area contributed by atoms with E-state index in [2.05, 4.69) is 10.4 Å². The Labute approximate surface area is 158 Å². The number of hydrogen-bond donors (Lipinski definition) is 1. The maximum absolute atomic E-state index is 12.2. The summed E-state index contributed by atoms with van der Waals surface area (Å²) in [7, 11) is 1.78. The summed E-state index contributed by atoms with van der Waals surface area (Å²) < 4.78 is 1.84. The lowest BCUT2D eigenvalue weighted by Gasteiger charge is -2.18. The predicted octanol–water partition coefficient (Wildman–Crippen LogP) is 3.91. The molecule has 0 radical (unpaired) electrons. The van der Waals surface area contributed by atoms with Crippen LogP contribution in [-0.4, -0.2) is 34.3 Å². The normalized spacial score (nSPS) is 10.5. The van der Waals surface area contributed by atoms with Gasteiger partial charge in [-0.05, 0) is 41.8 Å². The van der Waals surface area contributed by atoms with Crippen molar-refractivity contribution < 1.29 is 4.79 Å². The molecular weight excluding hydrogens is 348 g/mol. The maximum atomic E-state index is 12.2. The van der Waals surface area contributed by atoms with Gasteiger partial charge >= 0.3 is 6.03 Å². The molecule has 1 N–H and O–H groups in total. The van der Waals surface area contributed by atoms with Crippen LogP contribution in [0.3, 0.4) is 0 Å². The van der Waals surface area contributed by atoms with Crippen molar-refractivity contribution in [2.24, 2.45) is 0 Å². The van der Waals surface area contributed by atoms with Gasteiger partial charge in [0.1, 0.15) is 0 Å². The molecule has 2 aromatic carbocycles. The van der Waals surface area contributed by atoms with Gasteiger partial charge in [0.25, 0.3) is 0 Å². The van der Waals surface area contributed by atoms with Crippen LogP contribution in [0, 0.1) is 0 Å². The summed E-state index contributed by atoms with van der Waals surface area (Å²) in [5.74, 6) is 0. The van der Waals surface area contributed by atoms with Crippen LogP contribution in [-0.2, 0) is 13.0 Å². The number of carbonyl (C=O) groups excluding carboxylic acids is 1. The molecule has 26 heavy (non-hydrogen) atoms. The first kappa shape index (κ1) is 18.0. The van der Waals surface area contributed by atoms with Crippen LogP contribution >= 0.6 is 11.6 Å². The minimum absolute atomic E-state index is 0.101. The minimum Gasteiger partial charge on any atom is -0.338 e. The van der Waals surface area contributed by atoms with E-state index in [1.165, 1.54) is 0 Å². The second kappa shape index (κ2) is 8.54. The minimum atomic E-state index is -0.101. The molecule has 0 bridgehead atoms. The van der Waals surface area contributed by atoms with E-state index in [9.17, 15) is 4.79 Å². The Kier molecular flexibility index (Phi) is 5.92. The molecule has 6 heteroatoms. The standard InChI is InChI=1S/C20H21ClN4O/c1-24(14-16-7-9-18(21)10-8-16)20(26)22-12-11-17-13-23-25(15-17)19-5-3-2-4-6-19/h2-10,13,15H,11-12,14H2,1H3,(H,22,26). The Balaban J connectivity index is 1.46. The number of nitrogens with one attached hydrogen (secondary N) is 1. The summed E-state index contributed by atoms with van der Waals surface area (Å²) in [6, 6.07) is 17.3. The Morgan fingerprint density at radius 3 is 2.58 bits per heavy atom. The van der Waals surface area contributed by atoms with Gasteiger partial charge in [0.15, 0.2) is 0 Å². The summed E-state index contributed by atoms with van der Waals surface area (Å²) in [5, 5.41) is 7.99. The van der Waals surface area contributed by atoms with Crippen molar-refractivity contribution in [3.8, 4) is 5.69 Å². The third kappa shape index (κ3) is 4.86. The average Bonchev–Trinajstić information content (AvgIpc) is 3.13. The topological polar surface area (TPSA) is 50.2 Å². The molecule has 134 valence electrons. The van der Waals surface area contributed by atoms with E-state index in [4.69, 9.17) is 11.6 Å². The van der Waals surface area contributed by atoms with Crippen LogP contribution in [0.2, 0.25) is 5.02 Å². The van der Waals surface area contributed by atoms with E-state index in [1.54, 1.807) is 11.9 Å². The number of urea groups is 1. The summed E-state index contributed by atoms with van der Waals surface area (Å²) in [6.07, 6.45) is 4.54. The SMILES string of the molecule is CN(Cc1ccc(Cl)cc1)C(=O)NCCc1cnn(-c2ccccc2)c1. The molecule has 5 nitrogen and oxygen atoms in total. The zero-order valence-electron chi connectivity index (χ0n) is 14.6. The largest absolute Gasteiger partial charge is 0.338 e. The second-order valence-electron chi connectivity index (χ2n) is 6.09. The number of benzene rings is 2. The van der Waals surface area contributed by atoms with Crippen molar-refractivity contribution in [3.05, 3.63) is 83.1 Å². The molecule has 0 aliphatic carbocycles. The molecule has 0 aliphatic rings. The molecule has 0 spiro atoms. The lowest BCUT2D eigenvalue weighted by atomic mass is 10.2. The number of carbonyl (C=O) groups is 1. The van der Waals surface area contributed by atoms with Crippen LogP contribution in [0.25, 0.3) is 5.69 Å². The molecule has 0 aliphatic heterocycles. The van der Waals surface area contributed by atoms with Gasteiger partial charge in [-0.1, -0.05) is 41.9 Å². The zero-order chi connectivity index (χ0) is 18.4. The van der Waals surface area contributed by atoms with Gasteiger partial charge in [0, 0.05) is 31.4 Å². The number of aromatic nitrogens is 2. The molecule has 2 amide bonds. The quantitative estimate of drug-likeness (QED) is 0.717. The maximum Gasteiger partial charge on any atom is 0.317 e. The molecule has 0 saturated heterocycles. The van der Waals surface area contributed by atoms with E-state index >= 15 is 0 Å². The van der Waals surface area contributed by atoms with E-state index in [0.717, 1.165) is 23.2 Å². The highest BCUT2D eigenvalue weighted by Gasteiger charge is 2.09.